The number of piperidine rings is 1. The van der Waals surface area contributed by atoms with Crippen LogP contribution in [0.2, 0.25) is 0 Å². The molecular formula is C24H22N2O3S. The Morgan fingerprint density at radius 2 is 1.83 bits per heavy atom. The first-order valence-electron chi connectivity index (χ1n) is 10.1. The third-order valence-electron chi connectivity index (χ3n) is 5.57. The monoisotopic (exact) mass is 418 g/mol. The third-order valence-corrected chi connectivity index (χ3v) is 6.50. The van der Waals surface area contributed by atoms with Gasteiger partial charge in [-0.15, -0.1) is 0 Å². The Kier molecular flexibility index (Phi) is 5.01. The summed E-state index contributed by atoms with van der Waals surface area (Å²) < 4.78 is 12.5. The van der Waals surface area contributed by atoms with E-state index in [1.54, 1.807) is 18.4 Å². The smallest absolute Gasteiger partial charge is 0.274 e. The molecule has 0 radical (unpaired) electrons. The molecule has 5 rings (SSSR count). The van der Waals surface area contributed by atoms with E-state index < -0.39 is 0 Å². The first-order valence-corrected chi connectivity index (χ1v) is 10.9. The first-order chi connectivity index (χ1) is 14.7. The lowest BCUT2D eigenvalue weighted by molar-refractivity contribution is 0.0595. The normalized spacial score (nSPS) is 14.9. The lowest BCUT2D eigenvalue weighted by Crippen LogP contribution is -2.41. The van der Waals surface area contributed by atoms with Crippen LogP contribution in [0.25, 0.3) is 21.0 Å². The number of rotatable bonds is 4. The van der Waals surface area contributed by atoms with Gasteiger partial charge in [0.2, 0.25) is 0 Å². The molecule has 0 saturated carbocycles. The number of ether oxygens (including phenoxy) is 2. The summed E-state index contributed by atoms with van der Waals surface area (Å²) >= 11 is 1.55. The number of thiazole rings is 1. The summed E-state index contributed by atoms with van der Waals surface area (Å²) in [4.78, 5) is 19.5. The second-order valence-electron chi connectivity index (χ2n) is 7.48. The van der Waals surface area contributed by atoms with E-state index >= 15 is 0 Å². The number of carbonyl (C=O) groups is 1. The van der Waals surface area contributed by atoms with Gasteiger partial charge in [-0.25, -0.2) is 4.98 Å². The molecule has 1 aliphatic heterocycles. The summed E-state index contributed by atoms with van der Waals surface area (Å²) in [6.07, 6.45) is 1.69. The number of fused-ring (bicyclic) bond motifs is 2. The topological polar surface area (TPSA) is 51.7 Å². The first kappa shape index (κ1) is 18.9. The lowest BCUT2D eigenvalue weighted by atomic mass is 10.0. The minimum atomic E-state index is 0.0770. The second kappa shape index (κ2) is 7.95. The minimum absolute atomic E-state index is 0.0770. The van der Waals surface area contributed by atoms with Crippen molar-refractivity contribution < 1.29 is 14.3 Å². The van der Waals surface area contributed by atoms with Crippen molar-refractivity contribution in [2.45, 2.75) is 18.9 Å². The predicted octanol–water partition coefficient (Wildman–Crippen LogP) is 5.14. The summed E-state index contributed by atoms with van der Waals surface area (Å²) in [7, 11) is 1.65. The van der Waals surface area contributed by atoms with Crippen LogP contribution in [-0.2, 0) is 0 Å². The number of benzene rings is 3. The molecule has 2 heterocycles. The van der Waals surface area contributed by atoms with Crippen molar-refractivity contribution in [2.75, 3.05) is 20.2 Å². The van der Waals surface area contributed by atoms with Crippen molar-refractivity contribution in [2.24, 2.45) is 0 Å². The number of carbonyl (C=O) groups excluding carboxylic acids is 1. The number of hydrogen-bond acceptors (Lipinski definition) is 5. The van der Waals surface area contributed by atoms with Crippen LogP contribution in [0, 0.1) is 0 Å². The number of aromatic nitrogens is 1. The molecule has 0 bridgehead atoms. The molecule has 1 amide bonds. The fourth-order valence-electron chi connectivity index (χ4n) is 3.89. The van der Waals surface area contributed by atoms with Crippen molar-refractivity contribution >= 4 is 38.2 Å². The quantitative estimate of drug-likeness (QED) is 0.460. The summed E-state index contributed by atoms with van der Waals surface area (Å²) in [6.45, 7) is 1.38. The number of likely N-dealkylation sites (tertiary alicyclic amines) is 1. The van der Waals surface area contributed by atoms with Crippen LogP contribution >= 0.6 is 11.3 Å². The Hall–Kier alpha value is -3.12. The maximum atomic E-state index is 12.9. The van der Waals surface area contributed by atoms with Crippen LogP contribution in [0.15, 0.2) is 60.7 Å². The van der Waals surface area contributed by atoms with E-state index in [1.807, 2.05) is 59.5 Å². The molecule has 0 N–H and O–H groups in total. The predicted molar refractivity (Wildman–Crippen MR) is 120 cm³/mol. The Bertz CT molecular complexity index is 1210. The molecule has 0 unspecified atom stereocenters. The van der Waals surface area contributed by atoms with Crippen LogP contribution < -0.4 is 9.47 Å². The average molecular weight is 419 g/mol. The second-order valence-corrected chi connectivity index (χ2v) is 8.48. The Morgan fingerprint density at radius 3 is 2.63 bits per heavy atom. The maximum Gasteiger partial charge on any atom is 0.274 e. The summed E-state index contributed by atoms with van der Waals surface area (Å²) in [6, 6.07) is 19.9. The zero-order chi connectivity index (χ0) is 20.5. The van der Waals surface area contributed by atoms with Crippen molar-refractivity contribution in [3.8, 4) is 10.9 Å². The molecular weight excluding hydrogens is 396 g/mol. The van der Waals surface area contributed by atoms with E-state index in [0.717, 1.165) is 45.1 Å². The molecule has 1 saturated heterocycles. The standard InChI is InChI=1S/C24H22N2O3S/c1-28-20-8-9-22-21(15-20)25-24(30-22)29-19-10-12-26(13-11-19)23(27)18-7-6-16-4-2-3-5-17(16)14-18/h2-9,14-15,19H,10-13H2,1H3. The van der Waals surface area contributed by atoms with Crippen LogP contribution in [0.3, 0.4) is 0 Å². The third kappa shape index (κ3) is 3.71. The number of nitrogens with zero attached hydrogens (tertiary/aromatic N) is 2. The van der Waals surface area contributed by atoms with E-state index in [-0.39, 0.29) is 12.0 Å². The van der Waals surface area contributed by atoms with Crippen molar-refractivity contribution in [1.82, 2.24) is 9.88 Å². The molecule has 1 aliphatic rings. The summed E-state index contributed by atoms with van der Waals surface area (Å²) in [5, 5.41) is 2.92. The fraction of sp³-hybridized carbons (Fsp3) is 0.250. The summed E-state index contributed by atoms with van der Waals surface area (Å²) in [5.41, 5.74) is 1.63. The molecule has 6 heteroatoms. The van der Waals surface area contributed by atoms with Crippen molar-refractivity contribution in [3.05, 3.63) is 66.2 Å². The minimum Gasteiger partial charge on any atom is -0.497 e. The molecule has 3 aromatic carbocycles. The molecule has 152 valence electrons. The van der Waals surface area contributed by atoms with E-state index in [2.05, 4.69) is 11.1 Å². The van der Waals surface area contributed by atoms with Crippen LogP contribution in [0.4, 0.5) is 0 Å². The number of amides is 1. The van der Waals surface area contributed by atoms with Gasteiger partial charge in [-0.3, -0.25) is 4.79 Å². The van der Waals surface area contributed by atoms with Gasteiger partial charge in [0, 0.05) is 37.6 Å². The zero-order valence-electron chi connectivity index (χ0n) is 16.7. The molecule has 4 aromatic rings. The highest BCUT2D eigenvalue weighted by molar-refractivity contribution is 7.20. The fourth-order valence-corrected chi connectivity index (χ4v) is 4.75. The molecule has 0 aliphatic carbocycles. The van der Waals surface area contributed by atoms with Gasteiger partial charge in [-0.1, -0.05) is 41.7 Å². The maximum absolute atomic E-state index is 12.9. The molecule has 1 aromatic heterocycles. The van der Waals surface area contributed by atoms with Gasteiger partial charge >= 0.3 is 0 Å². The van der Waals surface area contributed by atoms with Gasteiger partial charge in [0.25, 0.3) is 11.1 Å². The largest absolute Gasteiger partial charge is 0.497 e. The van der Waals surface area contributed by atoms with Gasteiger partial charge in [-0.05, 0) is 35.0 Å². The van der Waals surface area contributed by atoms with Crippen molar-refractivity contribution in [3.63, 3.8) is 0 Å². The summed E-state index contributed by atoms with van der Waals surface area (Å²) in [5.74, 6) is 0.881. The molecule has 30 heavy (non-hydrogen) atoms. The van der Waals surface area contributed by atoms with E-state index in [1.165, 1.54) is 0 Å². The van der Waals surface area contributed by atoms with Crippen LogP contribution in [0.1, 0.15) is 23.2 Å². The number of methoxy groups -OCH3 is 1. The SMILES string of the molecule is COc1ccc2sc(OC3CCN(C(=O)c4ccc5ccccc5c4)CC3)nc2c1. The molecule has 0 atom stereocenters. The highest BCUT2D eigenvalue weighted by Crippen LogP contribution is 2.32. The van der Waals surface area contributed by atoms with Gasteiger partial charge < -0.3 is 14.4 Å². The Labute approximate surface area is 178 Å². The van der Waals surface area contributed by atoms with Gasteiger partial charge in [0.1, 0.15) is 11.9 Å². The van der Waals surface area contributed by atoms with E-state index in [0.29, 0.717) is 18.3 Å². The highest BCUT2D eigenvalue weighted by Gasteiger charge is 2.25. The lowest BCUT2D eigenvalue weighted by Gasteiger charge is -2.31. The Morgan fingerprint density at radius 1 is 1.03 bits per heavy atom. The average Bonchev–Trinajstić information content (AvgIpc) is 3.20. The highest BCUT2D eigenvalue weighted by atomic mass is 32.1. The van der Waals surface area contributed by atoms with Crippen LogP contribution in [0.5, 0.6) is 10.9 Å². The zero-order valence-corrected chi connectivity index (χ0v) is 17.5. The molecule has 5 nitrogen and oxygen atoms in total. The number of hydrogen-bond donors (Lipinski definition) is 0. The van der Waals surface area contributed by atoms with Crippen LogP contribution in [-0.4, -0.2) is 42.1 Å². The van der Waals surface area contributed by atoms with Gasteiger partial charge in [-0.2, -0.15) is 0 Å². The van der Waals surface area contributed by atoms with Gasteiger partial charge in [0.05, 0.1) is 17.3 Å². The molecule has 1 fully saturated rings. The van der Waals surface area contributed by atoms with E-state index in [4.69, 9.17) is 9.47 Å². The Balaban J connectivity index is 1.23. The van der Waals surface area contributed by atoms with Gasteiger partial charge in [0.15, 0.2) is 0 Å². The molecule has 0 spiro atoms. The van der Waals surface area contributed by atoms with Crippen molar-refractivity contribution in [1.29, 1.82) is 0 Å². The van der Waals surface area contributed by atoms with E-state index in [9.17, 15) is 4.79 Å².